The molecule has 0 aliphatic carbocycles. The predicted octanol–water partition coefficient (Wildman–Crippen LogP) is 4.93. The zero-order chi connectivity index (χ0) is 30.0. The summed E-state index contributed by atoms with van der Waals surface area (Å²) in [6, 6.07) is 22.5. The van der Waals surface area contributed by atoms with E-state index in [0.717, 1.165) is 41.8 Å². The first-order valence-corrected chi connectivity index (χ1v) is 16.3. The molecule has 10 heteroatoms. The van der Waals surface area contributed by atoms with Crippen LogP contribution in [0.3, 0.4) is 0 Å². The molecule has 1 saturated heterocycles. The van der Waals surface area contributed by atoms with Crippen molar-refractivity contribution in [2.45, 2.75) is 44.8 Å². The molecule has 0 spiro atoms. The van der Waals surface area contributed by atoms with Gasteiger partial charge < -0.3 is 25.8 Å². The number of amides is 1. The fourth-order valence-electron chi connectivity index (χ4n) is 5.12. The summed E-state index contributed by atoms with van der Waals surface area (Å²) >= 11 is 0. The maximum atomic E-state index is 13.7. The Bertz CT molecular complexity index is 1280. The van der Waals surface area contributed by atoms with E-state index in [1.807, 2.05) is 67.6 Å². The monoisotopic (exact) mass is 596 g/mol. The lowest BCUT2D eigenvalue weighted by Gasteiger charge is -2.47. The highest BCUT2D eigenvalue weighted by molar-refractivity contribution is 8.25. The van der Waals surface area contributed by atoms with E-state index in [2.05, 4.69) is 16.0 Å². The van der Waals surface area contributed by atoms with E-state index in [-0.39, 0.29) is 5.91 Å². The van der Waals surface area contributed by atoms with Gasteiger partial charge in [-0.1, -0.05) is 42.5 Å². The van der Waals surface area contributed by atoms with Crippen LogP contribution in [0.25, 0.3) is 0 Å². The Balaban J connectivity index is 1.47. The van der Waals surface area contributed by atoms with Gasteiger partial charge in [0.05, 0.1) is 30.7 Å². The molecule has 9 nitrogen and oxygen atoms in total. The number of aliphatic hydroxyl groups is 1. The van der Waals surface area contributed by atoms with Crippen LogP contribution in [0, 0.1) is 0 Å². The third-order valence-electron chi connectivity index (χ3n) is 7.41. The molecule has 0 bridgehead atoms. The minimum Gasteiger partial charge on any atom is -0.497 e. The molecule has 0 radical (unpaired) electrons. The highest BCUT2D eigenvalue weighted by Crippen LogP contribution is 2.50. The van der Waals surface area contributed by atoms with Gasteiger partial charge in [0.25, 0.3) is 5.91 Å². The van der Waals surface area contributed by atoms with Gasteiger partial charge >= 0.3 is 0 Å². The van der Waals surface area contributed by atoms with Crippen molar-refractivity contribution < 1.29 is 23.7 Å². The molecule has 2 atom stereocenters. The third-order valence-corrected chi connectivity index (χ3v) is 9.35. The number of aliphatic hydroxyl groups excluding tert-OH is 1. The number of rotatable bonds is 14. The molecular formula is C32H44N4O5S. The molecule has 1 fully saturated rings. The van der Waals surface area contributed by atoms with Gasteiger partial charge in [0, 0.05) is 30.9 Å². The Labute approximate surface area is 250 Å². The number of methoxy groups -OCH3 is 1. The van der Waals surface area contributed by atoms with Crippen molar-refractivity contribution in [2.24, 2.45) is 0 Å². The molecule has 1 aliphatic heterocycles. The topological polar surface area (TPSA) is 126 Å². The minimum absolute atomic E-state index is 0.311. The number of anilines is 2. The minimum atomic E-state index is -2.95. The molecule has 0 saturated carbocycles. The summed E-state index contributed by atoms with van der Waals surface area (Å²) in [5, 5.41) is 20.9. The first-order chi connectivity index (χ1) is 20.3. The summed E-state index contributed by atoms with van der Waals surface area (Å²) in [5.41, 5.74) is 3.87. The normalized spacial score (nSPS) is 16.7. The molecule has 3 aromatic carbocycles. The molecule has 1 amide bonds. The summed E-state index contributed by atoms with van der Waals surface area (Å²) in [6.07, 6.45) is 2.02. The number of nitrogens with zero attached hydrogens (tertiary/aromatic N) is 1. The van der Waals surface area contributed by atoms with E-state index in [9.17, 15) is 19.0 Å². The Morgan fingerprint density at radius 2 is 1.79 bits per heavy atom. The quantitative estimate of drug-likeness (QED) is 0.145. The van der Waals surface area contributed by atoms with Gasteiger partial charge in [-0.2, -0.15) is 0 Å². The molecule has 1 aliphatic rings. The summed E-state index contributed by atoms with van der Waals surface area (Å²) < 4.78 is 28.3. The van der Waals surface area contributed by atoms with Gasteiger partial charge in [0.1, 0.15) is 5.75 Å². The van der Waals surface area contributed by atoms with E-state index in [0.29, 0.717) is 49.6 Å². The first-order valence-electron chi connectivity index (χ1n) is 14.6. The molecule has 3 aromatic rings. The van der Waals surface area contributed by atoms with Crippen LogP contribution in [-0.4, -0.2) is 71.3 Å². The average Bonchev–Trinajstić information content (AvgIpc) is 2.99. The van der Waals surface area contributed by atoms with Crippen LogP contribution in [-0.2, 0) is 12.8 Å². The van der Waals surface area contributed by atoms with Crippen molar-refractivity contribution in [1.82, 2.24) is 10.6 Å². The smallest absolute Gasteiger partial charge is 0.251 e. The molecule has 6 N–H and O–H groups in total. The SMILES string of the molecule is CCNc1cc(C(=O)N[C@@H](Cc2ccccc2)[C@H](O)CNCCc2ccc(OC)cc2)cc(N2CCCCS2(O)O)c1. The van der Waals surface area contributed by atoms with E-state index in [1.54, 1.807) is 23.5 Å². The second-order valence-corrected chi connectivity index (χ2v) is 12.7. The fraction of sp³-hybridized carbons (Fsp3) is 0.406. The van der Waals surface area contributed by atoms with E-state index < -0.39 is 22.9 Å². The lowest BCUT2D eigenvalue weighted by Crippen LogP contribution is -2.49. The molecule has 0 aromatic heterocycles. The number of carbonyl (C=O) groups excluding carboxylic acids is 1. The van der Waals surface area contributed by atoms with Crippen LogP contribution in [0.5, 0.6) is 5.75 Å². The van der Waals surface area contributed by atoms with E-state index >= 15 is 0 Å². The third kappa shape index (κ3) is 8.86. The van der Waals surface area contributed by atoms with Crippen molar-refractivity contribution in [3.8, 4) is 5.75 Å². The van der Waals surface area contributed by atoms with E-state index in [4.69, 9.17) is 4.74 Å². The molecule has 42 heavy (non-hydrogen) atoms. The highest BCUT2D eigenvalue weighted by atomic mass is 32.3. The Morgan fingerprint density at radius 3 is 2.48 bits per heavy atom. The van der Waals surface area contributed by atoms with Crippen molar-refractivity contribution in [1.29, 1.82) is 0 Å². The van der Waals surface area contributed by atoms with Crippen LogP contribution in [0.4, 0.5) is 11.4 Å². The second-order valence-electron chi connectivity index (χ2n) is 10.6. The lowest BCUT2D eigenvalue weighted by molar-refractivity contribution is 0.0831. The molecule has 1 heterocycles. The van der Waals surface area contributed by atoms with Crippen LogP contribution in [0.1, 0.15) is 41.3 Å². The number of nitrogens with one attached hydrogen (secondary N) is 3. The van der Waals surface area contributed by atoms with Gasteiger partial charge in [-0.3, -0.25) is 18.2 Å². The maximum Gasteiger partial charge on any atom is 0.251 e. The van der Waals surface area contributed by atoms with Crippen molar-refractivity contribution >= 4 is 28.1 Å². The molecule has 228 valence electrons. The van der Waals surface area contributed by atoms with Crippen LogP contribution >= 0.6 is 10.8 Å². The second kappa shape index (κ2) is 15.3. The Morgan fingerprint density at radius 1 is 1.02 bits per heavy atom. The number of ether oxygens (including phenoxy) is 1. The van der Waals surface area contributed by atoms with Crippen molar-refractivity contribution in [2.75, 3.05) is 48.7 Å². The Hall–Kier alpha value is -3.28. The number of hydrogen-bond acceptors (Lipinski definition) is 8. The average molecular weight is 597 g/mol. The lowest BCUT2D eigenvalue weighted by atomic mass is 10.00. The zero-order valence-corrected chi connectivity index (χ0v) is 25.3. The Kier molecular flexibility index (Phi) is 11.5. The fourth-order valence-corrected chi connectivity index (χ4v) is 6.79. The largest absolute Gasteiger partial charge is 0.497 e. The van der Waals surface area contributed by atoms with Crippen LogP contribution in [0.15, 0.2) is 72.8 Å². The first kappa shape index (κ1) is 31.7. The summed E-state index contributed by atoms with van der Waals surface area (Å²) in [4.78, 5) is 13.7. The van der Waals surface area contributed by atoms with E-state index in [1.165, 1.54) is 0 Å². The standard InChI is InChI=1S/C32H44N4O5S/c1-3-34-27-20-26(21-28(22-27)36-17-7-8-18-42(36,39)40)32(38)35-30(19-25-9-5-4-6-10-25)31(37)23-33-16-15-24-11-13-29(41-2)14-12-24/h4-6,9-14,20-22,30-31,33-34,37,39-40H,3,7-8,15-19,23H2,1-2H3,(H,35,38)/t30-,31+/m0/s1. The van der Waals surface area contributed by atoms with Crippen LogP contribution in [0.2, 0.25) is 0 Å². The van der Waals surface area contributed by atoms with Gasteiger partial charge in [0.2, 0.25) is 0 Å². The predicted molar refractivity (Wildman–Crippen MR) is 172 cm³/mol. The van der Waals surface area contributed by atoms with Crippen molar-refractivity contribution in [3.05, 3.63) is 89.5 Å². The molecule has 4 rings (SSSR count). The number of carbonyl (C=O) groups is 1. The van der Waals surface area contributed by atoms with Crippen molar-refractivity contribution in [3.63, 3.8) is 0 Å². The van der Waals surface area contributed by atoms with Gasteiger partial charge in [-0.25, -0.2) is 0 Å². The molecular weight excluding hydrogens is 552 g/mol. The highest BCUT2D eigenvalue weighted by Gasteiger charge is 2.28. The zero-order valence-electron chi connectivity index (χ0n) is 24.5. The van der Waals surface area contributed by atoms with Crippen LogP contribution < -0.4 is 25.0 Å². The summed E-state index contributed by atoms with van der Waals surface area (Å²) in [5.74, 6) is 0.799. The van der Waals surface area contributed by atoms with Gasteiger partial charge in [-0.15, -0.1) is 10.8 Å². The summed E-state index contributed by atoms with van der Waals surface area (Å²) in [7, 11) is -1.30. The summed E-state index contributed by atoms with van der Waals surface area (Å²) in [6.45, 7) is 4.11. The van der Waals surface area contributed by atoms with Gasteiger partial charge in [-0.05, 0) is 80.6 Å². The molecule has 0 unspecified atom stereocenters. The number of hydrogen-bond donors (Lipinski definition) is 6. The van der Waals surface area contributed by atoms with Gasteiger partial charge in [0.15, 0.2) is 0 Å². The number of benzene rings is 3. The maximum absolute atomic E-state index is 13.7.